The molecule has 1 heterocycles. The van der Waals surface area contributed by atoms with Crippen LogP contribution in [0.4, 0.5) is 5.69 Å². The van der Waals surface area contributed by atoms with Crippen molar-refractivity contribution in [3.05, 3.63) is 73.3 Å². The van der Waals surface area contributed by atoms with Gasteiger partial charge in [-0.2, -0.15) is 0 Å². The molecule has 0 fully saturated rings. The molecule has 1 aromatic heterocycles. The minimum absolute atomic E-state index is 0.227. The first-order chi connectivity index (χ1) is 13.2. The molecule has 27 heavy (non-hydrogen) atoms. The number of anilines is 1. The lowest BCUT2D eigenvalue weighted by atomic mass is 10.0. The van der Waals surface area contributed by atoms with Crippen molar-refractivity contribution in [3.63, 3.8) is 0 Å². The number of amides is 2. The zero-order chi connectivity index (χ0) is 19.1. The fourth-order valence-electron chi connectivity index (χ4n) is 2.87. The molecule has 2 N–H and O–H groups in total. The molecule has 2 aromatic carbocycles. The number of benzene rings is 2. The summed E-state index contributed by atoms with van der Waals surface area (Å²) in [6, 6.07) is 17.4. The molecule has 6 heteroatoms. The van der Waals surface area contributed by atoms with Gasteiger partial charge < -0.3 is 15.2 Å². The van der Waals surface area contributed by atoms with Gasteiger partial charge in [0.1, 0.15) is 5.92 Å². The summed E-state index contributed by atoms with van der Waals surface area (Å²) in [6.07, 6.45) is 4.95. The number of nitrogens with one attached hydrogen (secondary N) is 2. The smallest absolute Gasteiger partial charge is 0.238 e. The van der Waals surface area contributed by atoms with Crippen molar-refractivity contribution in [2.45, 2.75) is 13.5 Å². The van der Waals surface area contributed by atoms with E-state index >= 15 is 0 Å². The normalized spacial score (nSPS) is 11.6. The van der Waals surface area contributed by atoms with Crippen molar-refractivity contribution in [2.24, 2.45) is 5.92 Å². The van der Waals surface area contributed by atoms with Crippen LogP contribution in [0.5, 0.6) is 0 Å². The maximum Gasteiger partial charge on any atom is 0.238 e. The quantitative estimate of drug-likeness (QED) is 0.635. The van der Waals surface area contributed by atoms with Gasteiger partial charge in [0, 0.05) is 36.7 Å². The van der Waals surface area contributed by atoms with Crippen LogP contribution >= 0.6 is 0 Å². The van der Waals surface area contributed by atoms with E-state index in [0.717, 1.165) is 11.1 Å². The van der Waals surface area contributed by atoms with Crippen LogP contribution in [0.3, 0.4) is 0 Å². The topological polar surface area (TPSA) is 76.0 Å². The van der Waals surface area contributed by atoms with E-state index in [1.54, 1.807) is 23.3 Å². The van der Waals surface area contributed by atoms with Crippen molar-refractivity contribution in [2.75, 3.05) is 11.9 Å². The zero-order valence-electron chi connectivity index (χ0n) is 15.1. The highest BCUT2D eigenvalue weighted by Crippen LogP contribution is 2.28. The Morgan fingerprint density at radius 1 is 1.04 bits per heavy atom. The average Bonchev–Trinajstić information content (AvgIpc) is 3.20. The van der Waals surface area contributed by atoms with Gasteiger partial charge in [-0.3, -0.25) is 9.59 Å². The van der Waals surface area contributed by atoms with E-state index < -0.39 is 5.92 Å². The molecule has 6 nitrogen and oxygen atoms in total. The summed E-state index contributed by atoms with van der Waals surface area (Å²) in [5.41, 5.74) is 2.58. The minimum atomic E-state index is -0.858. The molecule has 0 saturated carbocycles. The molecule has 0 aliphatic heterocycles. The van der Waals surface area contributed by atoms with Crippen molar-refractivity contribution in [1.82, 2.24) is 14.9 Å². The molecule has 0 saturated heterocycles. The lowest BCUT2D eigenvalue weighted by Gasteiger charge is -2.18. The number of nitrogens with zero attached hydrogens (tertiary/aromatic N) is 2. The van der Waals surface area contributed by atoms with Crippen molar-refractivity contribution in [1.29, 1.82) is 0 Å². The maximum absolute atomic E-state index is 12.9. The third kappa shape index (κ3) is 4.61. The van der Waals surface area contributed by atoms with Gasteiger partial charge in [0.15, 0.2) is 0 Å². The Morgan fingerprint density at radius 2 is 1.78 bits per heavy atom. The summed E-state index contributed by atoms with van der Waals surface area (Å²) in [5.74, 6) is -1.51. The molecule has 2 amide bonds. The fourth-order valence-corrected chi connectivity index (χ4v) is 2.87. The number of rotatable bonds is 7. The third-order valence-electron chi connectivity index (χ3n) is 4.21. The van der Waals surface area contributed by atoms with Crippen LogP contribution in [0.2, 0.25) is 0 Å². The summed E-state index contributed by atoms with van der Waals surface area (Å²) < 4.78 is 1.72. The summed E-state index contributed by atoms with van der Waals surface area (Å²) in [4.78, 5) is 29.4. The van der Waals surface area contributed by atoms with Gasteiger partial charge in [-0.1, -0.05) is 48.5 Å². The Morgan fingerprint density at radius 3 is 2.48 bits per heavy atom. The van der Waals surface area contributed by atoms with Crippen LogP contribution in [0.25, 0.3) is 11.1 Å². The van der Waals surface area contributed by atoms with E-state index in [-0.39, 0.29) is 18.4 Å². The number of carbonyl (C=O) groups is 2. The summed E-state index contributed by atoms with van der Waals surface area (Å²) in [6.45, 7) is 2.52. The van der Waals surface area contributed by atoms with Crippen molar-refractivity contribution in [3.8, 4) is 11.1 Å². The van der Waals surface area contributed by atoms with Gasteiger partial charge in [-0.15, -0.1) is 0 Å². The lowest BCUT2D eigenvalue weighted by Crippen LogP contribution is -2.40. The van der Waals surface area contributed by atoms with Crippen molar-refractivity contribution < 1.29 is 9.59 Å². The highest BCUT2D eigenvalue weighted by molar-refractivity contribution is 6.07. The van der Waals surface area contributed by atoms with Crippen LogP contribution in [-0.2, 0) is 16.1 Å². The molecular weight excluding hydrogens is 340 g/mol. The monoisotopic (exact) mass is 362 g/mol. The first-order valence-electron chi connectivity index (χ1n) is 8.87. The predicted octanol–water partition coefficient (Wildman–Crippen LogP) is 2.94. The van der Waals surface area contributed by atoms with E-state index in [9.17, 15) is 9.59 Å². The van der Waals surface area contributed by atoms with E-state index in [1.807, 2.05) is 61.5 Å². The first kappa shape index (κ1) is 18.4. The van der Waals surface area contributed by atoms with E-state index in [1.165, 1.54) is 0 Å². The molecule has 0 unspecified atom stereocenters. The van der Waals surface area contributed by atoms with Gasteiger partial charge in [0.2, 0.25) is 11.8 Å². The highest BCUT2D eigenvalue weighted by atomic mass is 16.2. The molecule has 3 aromatic rings. The molecule has 0 radical (unpaired) electrons. The number of hydrogen-bond donors (Lipinski definition) is 2. The number of carbonyl (C=O) groups excluding carboxylic acids is 2. The van der Waals surface area contributed by atoms with Crippen LogP contribution < -0.4 is 10.6 Å². The van der Waals surface area contributed by atoms with Gasteiger partial charge >= 0.3 is 0 Å². The largest absolute Gasteiger partial charge is 0.356 e. The van der Waals surface area contributed by atoms with E-state index in [2.05, 4.69) is 15.6 Å². The maximum atomic E-state index is 12.9. The summed E-state index contributed by atoms with van der Waals surface area (Å²) in [5, 5.41) is 5.66. The number of imidazole rings is 1. The van der Waals surface area contributed by atoms with E-state index in [4.69, 9.17) is 0 Å². The third-order valence-corrected chi connectivity index (χ3v) is 4.21. The predicted molar refractivity (Wildman–Crippen MR) is 105 cm³/mol. The van der Waals surface area contributed by atoms with Crippen LogP contribution in [0.15, 0.2) is 73.3 Å². The molecule has 0 aliphatic carbocycles. The second-order valence-electron chi connectivity index (χ2n) is 6.11. The SMILES string of the molecule is CCNC(=O)[C@H](Cn1ccnc1)C(=O)Nc1ccccc1-c1ccccc1. The van der Waals surface area contributed by atoms with Crippen LogP contribution in [0.1, 0.15) is 6.92 Å². The van der Waals surface area contributed by atoms with E-state index in [0.29, 0.717) is 12.2 Å². The number of para-hydroxylation sites is 1. The van der Waals surface area contributed by atoms with Gasteiger partial charge in [0.25, 0.3) is 0 Å². The molecular formula is C21H22N4O2. The Balaban J connectivity index is 1.84. The van der Waals surface area contributed by atoms with Crippen molar-refractivity contribution >= 4 is 17.5 Å². The fraction of sp³-hybridized carbons (Fsp3) is 0.190. The average molecular weight is 362 g/mol. The molecule has 1 atom stereocenters. The Labute approximate surface area is 158 Å². The number of hydrogen-bond acceptors (Lipinski definition) is 3. The van der Waals surface area contributed by atoms with Crippen LogP contribution in [-0.4, -0.2) is 27.9 Å². The minimum Gasteiger partial charge on any atom is -0.356 e. The summed E-state index contributed by atoms with van der Waals surface area (Å²) >= 11 is 0. The summed E-state index contributed by atoms with van der Waals surface area (Å²) in [7, 11) is 0. The molecule has 0 bridgehead atoms. The Hall–Kier alpha value is -3.41. The molecule has 0 spiro atoms. The standard InChI is InChI=1S/C21H22N4O2/c1-2-23-20(26)18(14-25-13-12-22-15-25)21(27)24-19-11-7-6-10-17(19)16-8-4-3-5-9-16/h3-13,15,18H,2,14H2,1H3,(H,23,26)(H,24,27)/t18-/m0/s1. The Kier molecular flexibility index (Phi) is 5.99. The van der Waals surface area contributed by atoms with Gasteiger partial charge in [0.05, 0.1) is 6.33 Å². The highest BCUT2D eigenvalue weighted by Gasteiger charge is 2.27. The van der Waals surface area contributed by atoms with Gasteiger partial charge in [-0.25, -0.2) is 4.98 Å². The lowest BCUT2D eigenvalue weighted by molar-refractivity contribution is -0.133. The number of aromatic nitrogens is 2. The first-order valence-corrected chi connectivity index (χ1v) is 8.87. The molecule has 3 rings (SSSR count). The Bertz CT molecular complexity index is 892. The van der Waals surface area contributed by atoms with Crippen LogP contribution in [0, 0.1) is 5.92 Å². The molecule has 0 aliphatic rings. The second kappa shape index (κ2) is 8.80. The molecule has 138 valence electrons. The van der Waals surface area contributed by atoms with Gasteiger partial charge in [-0.05, 0) is 18.6 Å². The zero-order valence-corrected chi connectivity index (χ0v) is 15.1. The second-order valence-corrected chi connectivity index (χ2v) is 6.11.